The van der Waals surface area contributed by atoms with Crippen LogP contribution in [0.3, 0.4) is 0 Å². The molecule has 2 aliphatic heterocycles. The maximum atomic E-state index is 12.9. The Bertz CT molecular complexity index is 996. The fourth-order valence-electron chi connectivity index (χ4n) is 3.87. The van der Waals surface area contributed by atoms with Crippen LogP contribution in [0.25, 0.3) is 0 Å². The van der Waals surface area contributed by atoms with E-state index in [0.717, 1.165) is 25.2 Å². The molecule has 0 unspecified atom stereocenters. The highest BCUT2D eigenvalue weighted by atomic mass is 32.2. The van der Waals surface area contributed by atoms with Crippen LogP contribution < -0.4 is 5.32 Å². The quantitative estimate of drug-likeness (QED) is 0.506. The number of hydrogen-bond donors (Lipinski definition) is 1. The Balaban J connectivity index is 1.77. The molecule has 0 aliphatic carbocycles. The molecular formula is C18H28N4O6S2. The van der Waals surface area contributed by atoms with E-state index in [1.54, 1.807) is 0 Å². The van der Waals surface area contributed by atoms with Crippen molar-refractivity contribution in [2.24, 2.45) is 5.92 Å². The Morgan fingerprint density at radius 3 is 2.10 bits per heavy atom. The number of piperidine rings is 2. The average molecular weight is 461 g/mol. The van der Waals surface area contributed by atoms with Crippen molar-refractivity contribution in [2.45, 2.75) is 43.5 Å². The fraction of sp³-hybridized carbons (Fsp3) is 0.667. The van der Waals surface area contributed by atoms with E-state index in [-0.39, 0.29) is 22.3 Å². The summed E-state index contributed by atoms with van der Waals surface area (Å²) in [5.74, 6) is 0.464. The molecule has 0 bridgehead atoms. The van der Waals surface area contributed by atoms with E-state index < -0.39 is 25.0 Å². The molecule has 2 heterocycles. The maximum Gasteiger partial charge on any atom is 0.293 e. The van der Waals surface area contributed by atoms with Crippen molar-refractivity contribution in [1.29, 1.82) is 0 Å². The van der Waals surface area contributed by atoms with Gasteiger partial charge in [0.25, 0.3) is 5.69 Å². The zero-order valence-corrected chi connectivity index (χ0v) is 18.8. The van der Waals surface area contributed by atoms with Gasteiger partial charge in [-0.25, -0.2) is 21.1 Å². The van der Waals surface area contributed by atoms with Gasteiger partial charge in [0.05, 0.1) is 16.1 Å². The Labute approximate surface area is 177 Å². The van der Waals surface area contributed by atoms with E-state index in [9.17, 15) is 26.9 Å². The van der Waals surface area contributed by atoms with Crippen LogP contribution in [0, 0.1) is 16.0 Å². The lowest BCUT2D eigenvalue weighted by Crippen LogP contribution is -2.41. The number of hydrogen-bond acceptors (Lipinski definition) is 7. The number of nitro benzene ring substituents is 1. The summed E-state index contributed by atoms with van der Waals surface area (Å²) in [5.41, 5.74) is -0.0592. The molecule has 1 aromatic carbocycles. The van der Waals surface area contributed by atoms with Crippen LogP contribution in [0.15, 0.2) is 23.1 Å². The van der Waals surface area contributed by atoms with Crippen LogP contribution in [0.2, 0.25) is 0 Å². The normalized spacial score (nSPS) is 20.9. The summed E-state index contributed by atoms with van der Waals surface area (Å²) in [7, 11) is -7.04. The van der Waals surface area contributed by atoms with E-state index in [1.807, 2.05) is 0 Å². The van der Waals surface area contributed by atoms with Crippen LogP contribution in [0.5, 0.6) is 0 Å². The summed E-state index contributed by atoms with van der Waals surface area (Å²) < 4.78 is 51.9. The van der Waals surface area contributed by atoms with Crippen LogP contribution in [0.4, 0.5) is 11.4 Å². The first kappa shape index (κ1) is 22.9. The minimum absolute atomic E-state index is 0.0822. The van der Waals surface area contributed by atoms with Gasteiger partial charge in [-0.05, 0) is 43.7 Å². The van der Waals surface area contributed by atoms with Gasteiger partial charge in [-0.15, -0.1) is 0 Å². The Morgan fingerprint density at radius 1 is 1.00 bits per heavy atom. The van der Waals surface area contributed by atoms with E-state index in [0.29, 0.717) is 44.9 Å². The summed E-state index contributed by atoms with van der Waals surface area (Å²) in [6, 6.07) is 3.81. The number of nitrogens with zero attached hydrogens (tertiary/aromatic N) is 3. The summed E-state index contributed by atoms with van der Waals surface area (Å²) in [6.07, 6.45) is 3.72. The third kappa shape index (κ3) is 5.10. The molecule has 168 valence electrons. The van der Waals surface area contributed by atoms with Gasteiger partial charge < -0.3 is 5.32 Å². The van der Waals surface area contributed by atoms with Gasteiger partial charge in [0.2, 0.25) is 20.0 Å². The molecule has 2 fully saturated rings. The van der Waals surface area contributed by atoms with Gasteiger partial charge in [-0.2, -0.15) is 4.31 Å². The summed E-state index contributed by atoms with van der Waals surface area (Å²) in [4.78, 5) is 10.9. The molecule has 2 aliphatic rings. The molecule has 0 atom stereocenters. The van der Waals surface area contributed by atoms with Gasteiger partial charge in [0.1, 0.15) is 5.69 Å². The molecule has 0 aromatic heterocycles. The second-order valence-corrected chi connectivity index (χ2v) is 12.0. The van der Waals surface area contributed by atoms with Gasteiger partial charge in [0.15, 0.2) is 0 Å². The van der Waals surface area contributed by atoms with Gasteiger partial charge in [-0.1, -0.05) is 6.92 Å². The molecule has 2 saturated heterocycles. The first-order chi connectivity index (χ1) is 14.0. The second-order valence-electron chi connectivity index (χ2n) is 8.10. The van der Waals surface area contributed by atoms with Gasteiger partial charge in [-0.3, -0.25) is 10.1 Å². The van der Waals surface area contributed by atoms with Crippen molar-refractivity contribution in [2.75, 3.05) is 37.8 Å². The number of nitrogens with one attached hydrogen (secondary N) is 1. The molecule has 1 aromatic rings. The zero-order valence-electron chi connectivity index (χ0n) is 17.2. The Hall–Kier alpha value is -1.76. The molecule has 10 nitrogen and oxygen atoms in total. The second kappa shape index (κ2) is 8.77. The molecule has 1 N–H and O–H groups in total. The van der Waals surface area contributed by atoms with Crippen molar-refractivity contribution in [3.8, 4) is 0 Å². The van der Waals surface area contributed by atoms with Crippen LogP contribution >= 0.6 is 0 Å². The lowest BCUT2D eigenvalue weighted by Gasteiger charge is -2.31. The van der Waals surface area contributed by atoms with E-state index >= 15 is 0 Å². The number of anilines is 1. The van der Waals surface area contributed by atoms with E-state index in [4.69, 9.17) is 0 Å². The van der Waals surface area contributed by atoms with Crippen molar-refractivity contribution < 1.29 is 21.8 Å². The van der Waals surface area contributed by atoms with Crippen molar-refractivity contribution >= 4 is 31.4 Å². The predicted molar refractivity (Wildman–Crippen MR) is 113 cm³/mol. The minimum atomic E-state index is -3.79. The maximum absolute atomic E-state index is 12.9. The third-order valence-corrected chi connectivity index (χ3v) is 9.03. The SMILES string of the molecule is CC1CCN(S(=O)(=O)c2ccc(NC3CCN(S(C)(=O)=O)CC3)c([N+](=O)[O-])c2)CC1. The number of nitro groups is 1. The van der Waals surface area contributed by atoms with Crippen molar-refractivity contribution in [3.63, 3.8) is 0 Å². The minimum Gasteiger partial charge on any atom is -0.377 e. The van der Waals surface area contributed by atoms with E-state index in [2.05, 4.69) is 12.2 Å². The lowest BCUT2D eigenvalue weighted by atomic mass is 10.0. The average Bonchev–Trinajstić information content (AvgIpc) is 2.68. The number of benzene rings is 1. The molecule has 3 rings (SSSR count). The largest absolute Gasteiger partial charge is 0.377 e. The lowest BCUT2D eigenvalue weighted by molar-refractivity contribution is -0.384. The Morgan fingerprint density at radius 2 is 1.57 bits per heavy atom. The fourth-order valence-corrected chi connectivity index (χ4v) is 6.24. The molecule has 12 heteroatoms. The molecule has 0 amide bonds. The first-order valence-electron chi connectivity index (χ1n) is 9.98. The first-order valence-corrected chi connectivity index (χ1v) is 13.3. The zero-order chi connectivity index (χ0) is 22.1. The summed E-state index contributed by atoms with van der Waals surface area (Å²) in [5, 5.41) is 14.7. The highest BCUT2D eigenvalue weighted by molar-refractivity contribution is 7.89. The van der Waals surface area contributed by atoms with Crippen molar-refractivity contribution in [3.05, 3.63) is 28.3 Å². The predicted octanol–water partition coefficient (Wildman–Crippen LogP) is 1.85. The molecule has 0 saturated carbocycles. The molecule has 0 radical (unpaired) electrons. The Kier molecular flexibility index (Phi) is 6.70. The van der Waals surface area contributed by atoms with Crippen LogP contribution in [-0.2, 0) is 20.0 Å². The van der Waals surface area contributed by atoms with Gasteiger partial charge >= 0.3 is 0 Å². The van der Waals surface area contributed by atoms with Crippen molar-refractivity contribution in [1.82, 2.24) is 8.61 Å². The highest BCUT2D eigenvalue weighted by Gasteiger charge is 2.31. The van der Waals surface area contributed by atoms with Gasteiger partial charge in [0, 0.05) is 38.3 Å². The standard InChI is InChI=1S/C18H28N4O6S2/c1-14-5-9-21(10-6-14)30(27,28)16-3-4-17(18(13-16)22(23)24)19-15-7-11-20(12-8-15)29(2,25)26/h3-4,13-15,19H,5-12H2,1-2H3. The summed E-state index contributed by atoms with van der Waals surface area (Å²) >= 11 is 0. The number of sulfonamides is 2. The van der Waals surface area contributed by atoms with Crippen LogP contribution in [-0.4, -0.2) is 68.8 Å². The smallest absolute Gasteiger partial charge is 0.293 e. The topological polar surface area (TPSA) is 130 Å². The number of rotatable bonds is 6. The third-order valence-electron chi connectivity index (χ3n) is 5.83. The monoisotopic (exact) mass is 460 g/mol. The highest BCUT2D eigenvalue weighted by Crippen LogP contribution is 2.32. The molecule has 30 heavy (non-hydrogen) atoms. The molecular weight excluding hydrogens is 432 g/mol. The van der Waals surface area contributed by atoms with Crippen LogP contribution in [0.1, 0.15) is 32.6 Å². The summed E-state index contributed by atoms with van der Waals surface area (Å²) in [6.45, 7) is 3.58. The van der Waals surface area contributed by atoms with E-state index in [1.165, 1.54) is 20.7 Å². The molecule has 0 spiro atoms.